The van der Waals surface area contributed by atoms with Gasteiger partial charge in [0.15, 0.2) is 6.10 Å². The fourth-order valence-electron chi connectivity index (χ4n) is 8.39. The Morgan fingerprint density at radius 3 is 0.867 bits per heavy atom. The Morgan fingerprint density at radius 2 is 0.533 bits per heavy atom. The van der Waals surface area contributed by atoms with E-state index < -0.39 is 6.10 Å². The molecule has 0 aliphatic carbocycles. The molecule has 0 aromatic rings. The zero-order valence-corrected chi connectivity index (χ0v) is 48.8. The number of rotatable bonds is 55. The van der Waals surface area contributed by atoms with Crippen LogP contribution in [0.1, 0.15) is 278 Å². The van der Waals surface area contributed by atoms with E-state index in [-0.39, 0.29) is 37.5 Å². The van der Waals surface area contributed by atoms with Gasteiger partial charge >= 0.3 is 17.9 Å². The second-order valence-corrected chi connectivity index (χ2v) is 20.2. The number of hydrogen-bond donors (Lipinski definition) is 0. The third-order valence-electron chi connectivity index (χ3n) is 13.0. The molecule has 6 heteroatoms. The predicted octanol–water partition coefficient (Wildman–Crippen LogP) is 21.2. The molecule has 0 amide bonds. The van der Waals surface area contributed by atoms with Gasteiger partial charge in [0.2, 0.25) is 0 Å². The highest BCUT2D eigenvalue weighted by Gasteiger charge is 2.19. The van der Waals surface area contributed by atoms with Crippen molar-refractivity contribution in [3.8, 4) is 0 Å². The number of allylic oxidation sites excluding steroid dienone is 20. The van der Waals surface area contributed by atoms with Crippen molar-refractivity contribution >= 4 is 17.9 Å². The number of ether oxygens (including phenoxy) is 3. The molecule has 0 rings (SSSR count). The second-order valence-electron chi connectivity index (χ2n) is 20.2. The van der Waals surface area contributed by atoms with Crippen molar-refractivity contribution in [1.82, 2.24) is 0 Å². The van der Waals surface area contributed by atoms with Gasteiger partial charge in [-0.05, 0) is 103 Å². The van der Waals surface area contributed by atoms with Crippen LogP contribution in [0.4, 0.5) is 0 Å². The fraction of sp³-hybridized carbons (Fsp3) is 0.667. The maximum atomic E-state index is 12.9. The van der Waals surface area contributed by atoms with Gasteiger partial charge in [-0.15, -0.1) is 0 Å². The lowest BCUT2D eigenvalue weighted by atomic mass is 10.0. The number of unbranched alkanes of at least 4 members (excludes halogenated alkanes) is 24. The summed E-state index contributed by atoms with van der Waals surface area (Å²) in [6, 6.07) is 0. The predicted molar refractivity (Wildman–Crippen MR) is 325 cm³/mol. The van der Waals surface area contributed by atoms with Gasteiger partial charge in [-0.2, -0.15) is 0 Å². The van der Waals surface area contributed by atoms with Gasteiger partial charge in [-0.25, -0.2) is 0 Å². The van der Waals surface area contributed by atoms with Crippen molar-refractivity contribution in [3.63, 3.8) is 0 Å². The fourth-order valence-corrected chi connectivity index (χ4v) is 8.39. The summed E-state index contributed by atoms with van der Waals surface area (Å²) in [4.78, 5) is 38.3. The van der Waals surface area contributed by atoms with Gasteiger partial charge in [-0.3, -0.25) is 14.4 Å². The van der Waals surface area contributed by atoms with Crippen LogP contribution in [0.25, 0.3) is 0 Å². The maximum Gasteiger partial charge on any atom is 0.306 e. The van der Waals surface area contributed by atoms with E-state index >= 15 is 0 Å². The van der Waals surface area contributed by atoms with E-state index in [2.05, 4.69) is 142 Å². The minimum Gasteiger partial charge on any atom is -0.462 e. The Hall–Kier alpha value is -4.19. The van der Waals surface area contributed by atoms with Gasteiger partial charge in [0.25, 0.3) is 0 Å². The first-order valence-corrected chi connectivity index (χ1v) is 31.0. The summed E-state index contributed by atoms with van der Waals surface area (Å²) in [6.07, 6.45) is 86.3. The van der Waals surface area contributed by atoms with Crippen LogP contribution in [0, 0.1) is 0 Å². The normalized spacial score (nSPS) is 12.9. The molecule has 0 aliphatic rings. The highest BCUT2D eigenvalue weighted by Crippen LogP contribution is 2.16. The van der Waals surface area contributed by atoms with Gasteiger partial charge in [-0.1, -0.05) is 277 Å². The molecular weight excluding hydrogens is 925 g/mol. The zero-order chi connectivity index (χ0) is 54.3. The minimum atomic E-state index is -0.812. The highest BCUT2D eigenvalue weighted by atomic mass is 16.6. The standard InChI is InChI=1S/C69H114O6/c1-4-7-10-13-16-19-22-25-28-31-33-34-36-38-41-44-47-50-53-56-59-62-68(71)74-65-66(64-73-67(70)61-58-55-52-49-46-43-40-37-30-27-24-21-18-15-12-9-6-3)75-69(72)63-60-57-54-51-48-45-42-39-35-32-29-26-23-20-17-14-11-8-5-2/h7,9-10,12,16,18-19,21,25,27-28,30,33-34,38,40-41,43,49,52,66H,4-6,8,11,13-15,17,20,22-24,26,29,31-32,35-37,39,42,44-48,50-51,53-65H2,1-3H3/b10-7-,12-9-,19-16-,21-18-,28-25-,30-27-,34-33-,41-38-,43-40-,52-49-. The van der Waals surface area contributed by atoms with Crippen LogP contribution in [0.5, 0.6) is 0 Å². The first-order chi connectivity index (χ1) is 37.0. The number of esters is 3. The van der Waals surface area contributed by atoms with Gasteiger partial charge < -0.3 is 14.2 Å². The zero-order valence-electron chi connectivity index (χ0n) is 48.8. The highest BCUT2D eigenvalue weighted by molar-refractivity contribution is 5.71. The Morgan fingerprint density at radius 1 is 0.280 bits per heavy atom. The second kappa shape index (κ2) is 62.4. The molecule has 0 bridgehead atoms. The SMILES string of the molecule is CC/C=C\C/C=C\C/C=C\C/C=C\C/C=C\CCCCCCCC(=O)OCC(COC(=O)CCC/C=C\C/C=C\C/C=C\C/C=C\C/C=C\CC)OC(=O)CCCCCCCCCCCCCCCCCCCCC. The van der Waals surface area contributed by atoms with Gasteiger partial charge in [0.05, 0.1) is 0 Å². The summed E-state index contributed by atoms with van der Waals surface area (Å²) in [7, 11) is 0. The molecule has 6 nitrogen and oxygen atoms in total. The van der Waals surface area contributed by atoms with Crippen molar-refractivity contribution in [2.45, 2.75) is 284 Å². The average molecular weight is 1040 g/mol. The van der Waals surface area contributed by atoms with Crippen LogP contribution >= 0.6 is 0 Å². The van der Waals surface area contributed by atoms with E-state index in [9.17, 15) is 14.4 Å². The van der Waals surface area contributed by atoms with E-state index in [1.165, 1.54) is 103 Å². The van der Waals surface area contributed by atoms with Crippen LogP contribution < -0.4 is 0 Å². The topological polar surface area (TPSA) is 78.9 Å². The molecule has 0 aromatic carbocycles. The molecule has 426 valence electrons. The number of carbonyl (C=O) groups excluding carboxylic acids is 3. The minimum absolute atomic E-state index is 0.107. The summed E-state index contributed by atoms with van der Waals surface area (Å²) in [5.41, 5.74) is 0. The molecule has 0 saturated heterocycles. The van der Waals surface area contributed by atoms with Crippen LogP contribution in [0.3, 0.4) is 0 Å². The molecule has 0 N–H and O–H groups in total. The summed E-state index contributed by atoms with van der Waals surface area (Å²) in [5.74, 6) is -0.978. The molecule has 1 unspecified atom stereocenters. The summed E-state index contributed by atoms with van der Waals surface area (Å²) in [5, 5.41) is 0. The first kappa shape index (κ1) is 70.8. The lowest BCUT2D eigenvalue weighted by molar-refractivity contribution is -0.167. The lowest BCUT2D eigenvalue weighted by Gasteiger charge is -2.18. The summed E-state index contributed by atoms with van der Waals surface area (Å²) in [6.45, 7) is 6.37. The molecule has 1 atom stereocenters. The van der Waals surface area contributed by atoms with Crippen molar-refractivity contribution in [3.05, 3.63) is 122 Å². The maximum absolute atomic E-state index is 12.9. The lowest BCUT2D eigenvalue weighted by Crippen LogP contribution is -2.30. The van der Waals surface area contributed by atoms with Gasteiger partial charge in [0, 0.05) is 19.3 Å². The smallest absolute Gasteiger partial charge is 0.306 e. The molecular formula is C69H114O6. The van der Waals surface area contributed by atoms with E-state index in [1.807, 2.05) is 0 Å². The van der Waals surface area contributed by atoms with E-state index in [0.29, 0.717) is 19.3 Å². The Balaban J connectivity index is 4.49. The third-order valence-corrected chi connectivity index (χ3v) is 13.0. The Kier molecular flexibility index (Phi) is 58.9. The number of carbonyl (C=O) groups is 3. The summed E-state index contributed by atoms with van der Waals surface area (Å²) < 4.78 is 16.9. The Labute approximate surface area is 462 Å². The van der Waals surface area contributed by atoms with E-state index in [0.717, 1.165) is 128 Å². The van der Waals surface area contributed by atoms with Gasteiger partial charge in [0.1, 0.15) is 13.2 Å². The average Bonchev–Trinajstić information content (AvgIpc) is 3.41. The monoisotopic (exact) mass is 1040 g/mol. The Bertz CT molecular complexity index is 1570. The van der Waals surface area contributed by atoms with Crippen LogP contribution in [-0.4, -0.2) is 37.2 Å². The number of hydrogen-bond acceptors (Lipinski definition) is 6. The molecule has 0 fully saturated rings. The first-order valence-electron chi connectivity index (χ1n) is 31.0. The quantitative estimate of drug-likeness (QED) is 0.0261. The van der Waals surface area contributed by atoms with Crippen molar-refractivity contribution < 1.29 is 28.6 Å². The molecule has 0 aliphatic heterocycles. The molecule has 0 radical (unpaired) electrons. The molecule has 75 heavy (non-hydrogen) atoms. The third kappa shape index (κ3) is 60.6. The van der Waals surface area contributed by atoms with E-state index in [4.69, 9.17) is 14.2 Å². The molecule has 0 aromatic heterocycles. The molecule has 0 saturated carbocycles. The summed E-state index contributed by atoms with van der Waals surface area (Å²) >= 11 is 0. The largest absolute Gasteiger partial charge is 0.462 e. The molecule has 0 spiro atoms. The van der Waals surface area contributed by atoms with Crippen molar-refractivity contribution in [1.29, 1.82) is 0 Å². The van der Waals surface area contributed by atoms with Crippen LogP contribution in [-0.2, 0) is 28.6 Å². The van der Waals surface area contributed by atoms with Crippen molar-refractivity contribution in [2.24, 2.45) is 0 Å². The van der Waals surface area contributed by atoms with Crippen LogP contribution in [0.2, 0.25) is 0 Å². The molecule has 0 heterocycles. The van der Waals surface area contributed by atoms with Crippen LogP contribution in [0.15, 0.2) is 122 Å². The van der Waals surface area contributed by atoms with E-state index in [1.54, 1.807) is 0 Å². The van der Waals surface area contributed by atoms with Crippen molar-refractivity contribution in [2.75, 3.05) is 13.2 Å².